The molecule has 2 rings (SSSR count). The first-order valence-electron chi connectivity index (χ1n) is 3.53. The summed E-state index contributed by atoms with van der Waals surface area (Å²) in [6, 6.07) is 8.42. The first kappa shape index (κ1) is 9.15. The van der Waals surface area contributed by atoms with Gasteiger partial charge < -0.3 is 0 Å². The van der Waals surface area contributed by atoms with Crippen LogP contribution in [0, 0.1) is 6.08 Å². The minimum atomic E-state index is 0. The van der Waals surface area contributed by atoms with Crippen LogP contribution in [0.15, 0.2) is 29.8 Å². The van der Waals surface area contributed by atoms with Crippen LogP contribution >= 0.6 is 0 Å². The van der Waals surface area contributed by atoms with E-state index in [4.69, 9.17) is 0 Å². The van der Waals surface area contributed by atoms with Gasteiger partial charge in [-0.1, -0.05) is 19.4 Å². The van der Waals surface area contributed by atoms with Crippen LogP contribution in [-0.4, -0.2) is 0 Å². The second kappa shape index (κ2) is 3.64. The Hall–Kier alpha value is 0.0639. The summed E-state index contributed by atoms with van der Waals surface area (Å²) in [6.45, 7) is 2.12. The Morgan fingerprint density at radius 2 is 2.00 bits per heavy atom. The Morgan fingerprint density at radius 1 is 1.27 bits per heavy atom. The number of hydrogen-bond donors (Lipinski definition) is 0. The molecular weight excluding hydrogens is 209 g/mol. The van der Waals surface area contributed by atoms with Crippen molar-refractivity contribution in [2.24, 2.45) is 0 Å². The number of fused-ring (bicyclic) bond motifs is 1. The van der Waals surface area contributed by atoms with Gasteiger partial charge in [0.25, 0.3) is 0 Å². The molecule has 0 bridgehead atoms. The topological polar surface area (TPSA) is 0 Å². The zero-order chi connectivity index (χ0) is 6.97. The Morgan fingerprint density at radius 3 is 2.73 bits per heavy atom. The van der Waals surface area contributed by atoms with Gasteiger partial charge in [0.2, 0.25) is 0 Å². The first-order valence-corrected chi connectivity index (χ1v) is 3.53. The van der Waals surface area contributed by atoms with E-state index in [2.05, 4.69) is 37.3 Å². The number of hydrogen-bond acceptors (Lipinski definition) is 0. The molecule has 1 aromatic carbocycles. The summed E-state index contributed by atoms with van der Waals surface area (Å²) in [4.78, 5) is 0. The van der Waals surface area contributed by atoms with Crippen LogP contribution < -0.4 is 0 Å². The van der Waals surface area contributed by atoms with Crippen LogP contribution in [0.3, 0.4) is 0 Å². The van der Waals surface area contributed by atoms with Crippen molar-refractivity contribution in [3.63, 3.8) is 0 Å². The van der Waals surface area contributed by atoms with Gasteiger partial charge in [0.1, 0.15) is 0 Å². The summed E-state index contributed by atoms with van der Waals surface area (Å²) in [5.74, 6) is 0. The van der Waals surface area contributed by atoms with Crippen molar-refractivity contribution in [2.45, 2.75) is 13.3 Å². The van der Waals surface area contributed by atoms with Gasteiger partial charge >= 0.3 is 0 Å². The molecule has 1 heteroatoms. The maximum atomic E-state index is 3.31. The minimum absolute atomic E-state index is 0. The van der Waals surface area contributed by atoms with Crippen LogP contribution in [0.1, 0.15) is 18.1 Å². The van der Waals surface area contributed by atoms with Crippen molar-refractivity contribution in [1.82, 2.24) is 0 Å². The standard InChI is InChI=1S/C10H9.Y/c1-8-6-9-4-2-3-5-10(9)7-8;/h2-5H,6H2,1H3;/q-1;. The van der Waals surface area contributed by atoms with Gasteiger partial charge in [-0.2, -0.15) is 17.7 Å². The van der Waals surface area contributed by atoms with Gasteiger partial charge in [-0.3, -0.25) is 0 Å². The third-order valence-corrected chi connectivity index (χ3v) is 1.82. The van der Waals surface area contributed by atoms with E-state index in [9.17, 15) is 0 Å². The molecule has 1 aliphatic rings. The van der Waals surface area contributed by atoms with E-state index < -0.39 is 0 Å². The Kier molecular flexibility index (Phi) is 3.03. The van der Waals surface area contributed by atoms with E-state index in [0.717, 1.165) is 6.42 Å². The van der Waals surface area contributed by atoms with Gasteiger partial charge in [0.15, 0.2) is 0 Å². The predicted molar refractivity (Wildman–Crippen MR) is 41.7 cm³/mol. The molecule has 0 aliphatic heterocycles. The molecule has 0 aromatic heterocycles. The number of allylic oxidation sites excluding steroid dienone is 1. The molecule has 53 valence electrons. The van der Waals surface area contributed by atoms with E-state index in [1.54, 1.807) is 0 Å². The van der Waals surface area contributed by atoms with Crippen LogP contribution in [-0.2, 0) is 39.1 Å². The molecule has 0 unspecified atom stereocenters. The van der Waals surface area contributed by atoms with Crippen molar-refractivity contribution in [2.75, 3.05) is 0 Å². The quantitative estimate of drug-likeness (QED) is 0.586. The molecule has 1 aliphatic carbocycles. The SMILES string of the molecule is CC1=[C-]c2ccccc2C1.[Y]. The molecule has 0 spiro atoms. The van der Waals surface area contributed by atoms with Crippen molar-refractivity contribution in [3.8, 4) is 0 Å². The fourth-order valence-electron chi connectivity index (χ4n) is 1.36. The van der Waals surface area contributed by atoms with Crippen molar-refractivity contribution >= 4 is 0 Å². The molecule has 0 fully saturated rings. The minimum Gasteiger partial charge on any atom is -0.189 e. The zero-order valence-electron chi connectivity index (χ0n) is 6.59. The summed E-state index contributed by atoms with van der Waals surface area (Å²) < 4.78 is 0. The van der Waals surface area contributed by atoms with Crippen LogP contribution in [0.5, 0.6) is 0 Å². The molecule has 0 heterocycles. The van der Waals surface area contributed by atoms with Crippen LogP contribution in [0.4, 0.5) is 0 Å². The number of benzene rings is 1. The maximum absolute atomic E-state index is 3.31. The largest absolute Gasteiger partial charge is 0.189 e. The van der Waals surface area contributed by atoms with E-state index >= 15 is 0 Å². The summed E-state index contributed by atoms with van der Waals surface area (Å²) in [5, 5.41) is 0. The third kappa shape index (κ3) is 1.80. The molecule has 0 amide bonds. The van der Waals surface area contributed by atoms with Crippen molar-refractivity contribution in [1.29, 1.82) is 0 Å². The van der Waals surface area contributed by atoms with E-state index in [-0.39, 0.29) is 32.7 Å². The Labute approximate surface area is 92.6 Å². The summed E-state index contributed by atoms with van der Waals surface area (Å²) in [5.41, 5.74) is 4.04. The van der Waals surface area contributed by atoms with Gasteiger partial charge in [-0.15, -0.1) is 23.3 Å². The maximum Gasteiger partial charge on any atom is 0 e. The van der Waals surface area contributed by atoms with Crippen molar-refractivity contribution in [3.05, 3.63) is 47.0 Å². The molecule has 0 N–H and O–H groups in total. The van der Waals surface area contributed by atoms with Gasteiger partial charge in [0, 0.05) is 32.7 Å². The first-order chi connectivity index (χ1) is 4.86. The van der Waals surface area contributed by atoms with Crippen LogP contribution in [0.2, 0.25) is 0 Å². The van der Waals surface area contributed by atoms with E-state index in [1.807, 2.05) is 0 Å². The fourth-order valence-corrected chi connectivity index (χ4v) is 1.36. The smallest absolute Gasteiger partial charge is 0 e. The molecule has 11 heavy (non-hydrogen) atoms. The second-order valence-electron chi connectivity index (χ2n) is 2.74. The number of rotatable bonds is 0. The molecule has 1 radical (unpaired) electrons. The average Bonchev–Trinajstić information content (AvgIpc) is 2.27. The second-order valence-corrected chi connectivity index (χ2v) is 2.74. The third-order valence-electron chi connectivity index (χ3n) is 1.82. The summed E-state index contributed by atoms with van der Waals surface area (Å²) >= 11 is 0. The predicted octanol–water partition coefficient (Wildman–Crippen LogP) is 2.34. The van der Waals surface area contributed by atoms with Crippen LogP contribution in [0.25, 0.3) is 0 Å². The molecule has 1 aromatic rings. The summed E-state index contributed by atoms with van der Waals surface area (Å²) in [7, 11) is 0. The van der Waals surface area contributed by atoms with E-state index in [0.29, 0.717) is 0 Å². The Balaban J connectivity index is 0.000000605. The average molecular weight is 218 g/mol. The Bertz CT molecular complexity index is 287. The summed E-state index contributed by atoms with van der Waals surface area (Å²) in [6.07, 6.45) is 4.41. The monoisotopic (exact) mass is 218 g/mol. The zero-order valence-corrected chi connectivity index (χ0v) is 9.43. The van der Waals surface area contributed by atoms with Gasteiger partial charge in [-0.05, 0) is 0 Å². The van der Waals surface area contributed by atoms with Gasteiger partial charge in [-0.25, -0.2) is 0 Å². The van der Waals surface area contributed by atoms with Gasteiger partial charge in [0.05, 0.1) is 0 Å². The molecule has 0 nitrogen and oxygen atoms in total. The van der Waals surface area contributed by atoms with E-state index in [1.165, 1.54) is 16.7 Å². The molecule has 0 atom stereocenters. The fraction of sp³-hybridized carbons (Fsp3) is 0.200. The molecule has 0 saturated carbocycles. The normalized spacial score (nSPS) is 13.4. The van der Waals surface area contributed by atoms with Crippen molar-refractivity contribution < 1.29 is 32.7 Å². The molecular formula is C10H9Y-. The molecule has 0 saturated heterocycles.